The zero-order valence-electron chi connectivity index (χ0n) is 6.66. The number of halogens is 2. The minimum atomic E-state index is 0. The number of nitrogens with zero attached hydrogens (tertiary/aromatic N) is 1. The summed E-state index contributed by atoms with van der Waals surface area (Å²) in [6.45, 7) is 3.95. The summed E-state index contributed by atoms with van der Waals surface area (Å²) in [6, 6.07) is 0.418. The van der Waals surface area contributed by atoms with Crippen molar-refractivity contribution in [2.45, 2.75) is 6.04 Å². The van der Waals surface area contributed by atoms with Gasteiger partial charge in [-0.1, -0.05) is 0 Å². The van der Waals surface area contributed by atoms with Crippen LogP contribution in [0.2, 0.25) is 0 Å². The van der Waals surface area contributed by atoms with Gasteiger partial charge in [0.2, 0.25) is 0 Å². The van der Waals surface area contributed by atoms with Gasteiger partial charge < -0.3 is 10.5 Å². The van der Waals surface area contributed by atoms with E-state index in [9.17, 15) is 0 Å². The smallest absolute Gasteiger partial charge is 0.0589 e. The van der Waals surface area contributed by atoms with E-state index in [0.29, 0.717) is 6.04 Å². The Bertz CT molecular complexity index is 88.7. The van der Waals surface area contributed by atoms with E-state index in [0.717, 1.165) is 26.2 Å². The summed E-state index contributed by atoms with van der Waals surface area (Å²) in [4.78, 5) is 2.29. The molecular formula is C6H16Cl2N2O. The Morgan fingerprint density at radius 2 is 2.00 bits per heavy atom. The number of hydrogen-bond donors (Lipinski definition) is 1. The average Bonchev–Trinajstić information content (AvgIpc) is 1.78. The Balaban J connectivity index is 0. The van der Waals surface area contributed by atoms with Gasteiger partial charge in [0.15, 0.2) is 0 Å². The molecule has 0 unspecified atom stereocenters. The first-order chi connectivity index (χ1) is 4.33. The monoisotopic (exact) mass is 202 g/mol. The lowest BCUT2D eigenvalue weighted by molar-refractivity contribution is 0.0961. The molecule has 0 radical (unpaired) electrons. The van der Waals surface area contributed by atoms with Crippen molar-refractivity contribution < 1.29 is 4.74 Å². The van der Waals surface area contributed by atoms with Crippen molar-refractivity contribution in [1.29, 1.82) is 0 Å². The lowest BCUT2D eigenvalue weighted by Crippen LogP contribution is -2.56. The molecular weight excluding hydrogens is 187 g/mol. The fourth-order valence-corrected chi connectivity index (χ4v) is 1.01. The second-order valence-electron chi connectivity index (χ2n) is 2.51. The molecule has 0 amide bonds. The summed E-state index contributed by atoms with van der Waals surface area (Å²) in [6.07, 6.45) is 0. The summed E-state index contributed by atoms with van der Waals surface area (Å²) in [5, 5.41) is 0. The van der Waals surface area contributed by atoms with Crippen molar-refractivity contribution in [3.8, 4) is 0 Å². The van der Waals surface area contributed by atoms with Crippen LogP contribution in [0.5, 0.6) is 0 Å². The van der Waals surface area contributed by atoms with Gasteiger partial charge in [0.05, 0.1) is 6.61 Å². The molecule has 1 aliphatic rings. The van der Waals surface area contributed by atoms with Gasteiger partial charge in [-0.15, -0.1) is 24.8 Å². The molecule has 0 aromatic rings. The lowest BCUT2D eigenvalue weighted by Gasteiger charge is -2.36. The number of rotatable bonds is 3. The van der Waals surface area contributed by atoms with E-state index in [4.69, 9.17) is 10.5 Å². The fraction of sp³-hybridized carbons (Fsp3) is 1.00. The number of nitrogens with two attached hydrogens (primary N) is 1. The highest BCUT2D eigenvalue weighted by molar-refractivity contribution is 5.85. The Morgan fingerprint density at radius 3 is 2.36 bits per heavy atom. The number of methoxy groups -OCH3 is 1. The first-order valence-corrected chi connectivity index (χ1v) is 3.30. The van der Waals surface area contributed by atoms with Crippen molar-refractivity contribution in [3.05, 3.63) is 0 Å². The van der Waals surface area contributed by atoms with E-state index in [1.54, 1.807) is 7.11 Å². The van der Waals surface area contributed by atoms with Crippen LogP contribution in [0.1, 0.15) is 0 Å². The van der Waals surface area contributed by atoms with E-state index in [1.165, 1.54) is 0 Å². The zero-order valence-corrected chi connectivity index (χ0v) is 8.29. The molecule has 1 saturated heterocycles. The Labute approximate surface area is 80.1 Å². The van der Waals surface area contributed by atoms with Crippen LogP contribution < -0.4 is 5.73 Å². The summed E-state index contributed by atoms with van der Waals surface area (Å²) in [7, 11) is 1.72. The quantitative estimate of drug-likeness (QED) is 0.708. The van der Waals surface area contributed by atoms with Crippen LogP contribution in [-0.2, 0) is 4.74 Å². The highest BCUT2D eigenvalue weighted by Gasteiger charge is 2.21. The minimum Gasteiger partial charge on any atom is -0.383 e. The Hall–Kier alpha value is 0.460. The number of hydrogen-bond acceptors (Lipinski definition) is 3. The first kappa shape index (κ1) is 14.0. The van der Waals surface area contributed by atoms with Gasteiger partial charge in [-0.3, -0.25) is 4.90 Å². The Morgan fingerprint density at radius 1 is 1.45 bits per heavy atom. The molecule has 1 rings (SSSR count). The topological polar surface area (TPSA) is 38.5 Å². The van der Waals surface area contributed by atoms with Gasteiger partial charge in [0.1, 0.15) is 0 Å². The Kier molecular flexibility index (Phi) is 9.08. The van der Waals surface area contributed by atoms with Gasteiger partial charge in [0, 0.05) is 32.8 Å². The molecule has 1 heterocycles. The molecule has 2 N–H and O–H groups in total. The molecule has 3 nitrogen and oxygen atoms in total. The van der Waals surface area contributed by atoms with Crippen LogP contribution in [0.4, 0.5) is 0 Å². The molecule has 0 saturated carbocycles. The van der Waals surface area contributed by atoms with E-state index >= 15 is 0 Å². The SMILES string of the molecule is COCCN1CC(N)C1.Cl.Cl. The van der Waals surface area contributed by atoms with Crippen molar-refractivity contribution >= 4 is 24.8 Å². The lowest BCUT2D eigenvalue weighted by atomic mass is 10.1. The van der Waals surface area contributed by atoms with Crippen molar-refractivity contribution in [3.63, 3.8) is 0 Å². The van der Waals surface area contributed by atoms with Crippen molar-refractivity contribution in [2.24, 2.45) is 5.73 Å². The van der Waals surface area contributed by atoms with Crippen LogP contribution in [0, 0.1) is 0 Å². The summed E-state index contributed by atoms with van der Waals surface area (Å²) in [5.74, 6) is 0. The molecule has 11 heavy (non-hydrogen) atoms. The van der Waals surface area contributed by atoms with Crippen LogP contribution in [-0.4, -0.2) is 44.3 Å². The molecule has 1 aliphatic heterocycles. The molecule has 0 aromatic heterocycles. The minimum absolute atomic E-state index is 0. The van der Waals surface area contributed by atoms with Gasteiger partial charge in [-0.25, -0.2) is 0 Å². The van der Waals surface area contributed by atoms with E-state index in [1.807, 2.05) is 0 Å². The normalized spacial score (nSPS) is 18.0. The third kappa shape index (κ3) is 4.82. The molecule has 0 bridgehead atoms. The maximum absolute atomic E-state index is 5.56. The highest BCUT2D eigenvalue weighted by atomic mass is 35.5. The summed E-state index contributed by atoms with van der Waals surface area (Å²) >= 11 is 0. The molecule has 0 spiro atoms. The zero-order chi connectivity index (χ0) is 6.69. The largest absolute Gasteiger partial charge is 0.383 e. The predicted molar refractivity (Wildman–Crippen MR) is 50.8 cm³/mol. The van der Waals surface area contributed by atoms with Gasteiger partial charge in [-0.2, -0.15) is 0 Å². The third-order valence-electron chi connectivity index (χ3n) is 1.60. The first-order valence-electron chi connectivity index (χ1n) is 3.30. The second-order valence-corrected chi connectivity index (χ2v) is 2.51. The van der Waals surface area contributed by atoms with Crippen molar-refractivity contribution in [2.75, 3.05) is 33.4 Å². The van der Waals surface area contributed by atoms with Gasteiger partial charge in [-0.05, 0) is 0 Å². The fourth-order valence-electron chi connectivity index (χ4n) is 1.01. The van der Waals surface area contributed by atoms with E-state index < -0.39 is 0 Å². The maximum Gasteiger partial charge on any atom is 0.0589 e. The van der Waals surface area contributed by atoms with Crippen LogP contribution in [0.25, 0.3) is 0 Å². The van der Waals surface area contributed by atoms with E-state index in [-0.39, 0.29) is 24.8 Å². The standard InChI is InChI=1S/C6H14N2O.2ClH/c1-9-3-2-8-4-6(7)5-8;;/h6H,2-5,7H2,1H3;2*1H. The summed E-state index contributed by atoms with van der Waals surface area (Å²) < 4.78 is 4.90. The third-order valence-corrected chi connectivity index (χ3v) is 1.60. The van der Waals surface area contributed by atoms with Crippen molar-refractivity contribution in [1.82, 2.24) is 4.90 Å². The molecule has 1 fully saturated rings. The molecule has 70 valence electrons. The average molecular weight is 203 g/mol. The van der Waals surface area contributed by atoms with Crippen LogP contribution in [0.3, 0.4) is 0 Å². The van der Waals surface area contributed by atoms with Crippen LogP contribution >= 0.6 is 24.8 Å². The predicted octanol–water partition coefficient (Wildman–Crippen LogP) is 0.119. The van der Waals surface area contributed by atoms with Crippen LogP contribution in [0.15, 0.2) is 0 Å². The maximum atomic E-state index is 5.56. The second kappa shape index (κ2) is 7.13. The van der Waals surface area contributed by atoms with Gasteiger partial charge >= 0.3 is 0 Å². The molecule has 0 atom stereocenters. The number of likely N-dealkylation sites (tertiary alicyclic amines) is 1. The molecule has 5 heteroatoms. The molecule has 0 aliphatic carbocycles. The molecule has 0 aromatic carbocycles. The summed E-state index contributed by atoms with van der Waals surface area (Å²) in [5.41, 5.74) is 5.56. The highest BCUT2D eigenvalue weighted by Crippen LogP contribution is 2.02. The van der Waals surface area contributed by atoms with Gasteiger partial charge in [0.25, 0.3) is 0 Å². The van der Waals surface area contributed by atoms with E-state index in [2.05, 4.69) is 4.90 Å². The number of ether oxygens (including phenoxy) is 1.